The number of benzene rings is 2. The van der Waals surface area contributed by atoms with E-state index in [-0.39, 0.29) is 5.91 Å². The summed E-state index contributed by atoms with van der Waals surface area (Å²) in [5.74, 6) is -0.0117. The summed E-state index contributed by atoms with van der Waals surface area (Å²) in [6.45, 7) is 6.05. The maximum atomic E-state index is 12.5. The first-order chi connectivity index (χ1) is 9.09. The minimum Gasteiger partial charge on any atom is -0.277 e. The molecule has 94 valence electrons. The van der Waals surface area contributed by atoms with Gasteiger partial charge in [0.05, 0.1) is 5.70 Å². The Morgan fingerprint density at radius 3 is 2.42 bits per heavy atom. The van der Waals surface area contributed by atoms with E-state index in [1.54, 1.807) is 4.90 Å². The standard InChI is InChI=1S/C16H12BrNO/c1-10-9-12(7-8-15(10)17)18-11(2)13-5-3-4-6-14(13)16(18)19/h3-9H,2H2,1H3. The first-order valence-corrected chi connectivity index (χ1v) is 6.78. The van der Waals surface area contributed by atoms with Gasteiger partial charge in [0.25, 0.3) is 5.91 Å². The van der Waals surface area contributed by atoms with Gasteiger partial charge in [0.15, 0.2) is 0 Å². The summed E-state index contributed by atoms with van der Waals surface area (Å²) in [4.78, 5) is 14.1. The molecule has 1 aliphatic heterocycles. The largest absolute Gasteiger partial charge is 0.277 e. The summed E-state index contributed by atoms with van der Waals surface area (Å²) < 4.78 is 1.03. The highest BCUT2D eigenvalue weighted by atomic mass is 79.9. The molecule has 0 unspecified atom stereocenters. The second-order valence-corrected chi connectivity index (χ2v) is 5.42. The van der Waals surface area contributed by atoms with Crippen molar-refractivity contribution in [3.63, 3.8) is 0 Å². The van der Waals surface area contributed by atoms with Crippen LogP contribution in [-0.4, -0.2) is 5.91 Å². The average Bonchev–Trinajstić information content (AvgIpc) is 2.66. The van der Waals surface area contributed by atoms with Gasteiger partial charge in [0.1, 0.15) is 0 Å². The zero-order chi connectivity index (χ0) is 13.6. The molecule has 0 N–H and O–H groups in total. The lowest BCUT2D eigenvalue weighted by Gasteiger charge is -2.18. The number of amides is 1. The third kappa shape index (κ3) is 1.81. The number of carbonyl (C=O) groups is 1. The number of anilines is 1. The molecule has 0 saturated heterocycles. The Bertz CT molecular complexity index is 671. The van der Waals surface area contributed by atoms with Crippen molar-refractivity contribution < 1.29 is 4.79 Å². The van der Waals surface area contributed by atoms with E-state index < -0.39 is 0 Å². The van der Waals surface area contributed by atoms with Crippen LogP contribution in [0.3, 0.4) is 0 Å². The highest BCUT2D eigenvalue weighted by Crippen LogP contribution is 2.36. The van der Waals surface area contributed by atoms with Crippen LogP contribution in [0.5, 0.6) is 0 Å². The Labute approximate surface area is 120 Å². The molecular formula is C16H12BrNO. The van der Waals surface area contributed by atoms with E-state index in [1.807, 2.05) is 49.4 Å². The number of nitrogens with zero attached hydrogens (tertiary/aromatic N) is 1. The third-order valence-corrected chi connectivity index (χ3v) is 4.23. The highest BCUT2D eigenvalue weighted by Gasteiger charge is 2.31. The van der Waals surface area contributed by atoms with Gasteiger partial charge in [-0.1, -0.05) is 40.7 Å². The summed E-state index contributed by atoms with van der Waals surface area (Å²) in [5.41, 5.74) is 4.31. The van der Waals surface area contributed by atoms with Crippen LogP contribution in [0, 0.1) is 6.92 Å². The minimum atomic E-state index is -0.0117. The van der Waals surface area contributed by atoms with Crippen LogP contribution in [0.15, 0.2) is 53.5 Å². The van der Waals surface area contributed by atoms with E-state index in [0.29, 0.717) is 5.56 Å². The first kappa shape index (κ1) is 12.2. The second-order valence-electron chi connectivity index (χ2n) is 4.57. The average molecular weight is 314 g/mol. The van der Waals surface area contributed by atoms with Crippen LogP contribution in [0.25, 0.3) is 5.70 Å². The Kier molecular flexibility index (Phi) is 2.79. The molecule has 19 heavy (non-hydrogen) atoms. The van der Waals surface area contributed by atoms with Crippen molar-refractivity contribution in [2.24, 2.45) is 0 Å². The minimum absolute atomic E-state index is 0.0117. The summed E-state index contributed by atoms with van der Waals surface area (Å²) in [5, 5.41) is 0. The van der Waals surface area contributed by atoms with Gasteiger partial charge in [-0.2, -0.15) is 0 Å². The third-order valence-electron chi connectivity index (χ3n) is 3.34. The van der Waals surface area contributed by atoms with Crippen LogP contribution in [0.2, 0.25) is 0 Å². The molecule has 2 aromatic carbocycles. The van der Waals surface area contributed by atoms with E-state index in [9.17, 15) is 4.79 Å². The Balaban J connectivity index is 2.11. The van der Waals surface area contributed by atoms with E-state index in [0.717, 1.165) is 27.0 Å². The van der Waals surface area contributed by atoms with E-state index in [1.165, 1.54) is 0 Å². The predicted octanol–water partition coefficient (Wildman–Crippen LogP) is 4.39. The Morgan fingerprint density at radius 2 is 1.79 bits per heavy atom. The molecule has 0 spiro atoms. The maximum Gasteiger partial charge on any atom is 0.263 e. The summed E-state index contributed by atoms with van der Waals surface area (Å²) in [6.07, 6.45) is 0. The van der Waals surface area contributed by atoms with Gasteiger partial charge in [-0.25, -0.2) is 0 Å². The smallest absolute Gasteiger partial charge is 0.263 e. The molecule has 3 heteroatoms. The number of hydrogen-bond acceptors (Lipinski definition) is 1. The van der Waals surface area contributed by atoms with Gasteiger partial charge in [-0.15, -0.1) is 0 Å². The Hall–Kier alpha value is -1.87. The predicted molar refractivity (Wildman–Crippen MR) is 81.2 cm³/mol. The molecule has 3 rings (SSSR count). The van der Waals surface area contributed by atoms with Gasteiger partial charge in [-0.3, -0.25) is 9.69 Å². The van der Waals surface area contributed by atoms with Gasteiger partial charge >= 0.3 is 0 Å². The lowest BCUT2D eigenvalue weighted by molar-refractivity contribution is 0.101. The number of rotatable bonds is 1. The van der Waals surface area contributed by atoms with Crippen molar-refractivity contribution in [1.29, 1.82) is 0 Å². The van der Waals surface area contributed by atoms with Crippen LogP contribution in [0.4, 0.5) is 5.69 Å². The molecule has 2 nitrogen and oxygen atoms in total. The topological polar surface area (TPSA) is 20.3 Å². The molecule has 0 fully saturated rings. The van der Waals surface area contributed by atoms with Crippen LogP contribution < -0.4 is 4.90 Å². The van der Waals surface area contributed by atoms with Crippen LogP contribution >= 0.6 is 15.9 Å². The molecule has 1 amide bonds. The monoisotopic (exact) mass is 313 g/mol. The lowest BCUT2D eigenvalue weighted by Crippen LogP contribution is -2.21. The number of hydrogen-bond donors (Lipinski definition) is 0. The van der Waals surface area contributed by atoms with E-state index in [4.69, 9.17) is 0 Å². The van der Waals surface area contributed by atoms with Gasteiger partial charge in [0.2, 0.25) is 0 Å². The molecule has 0 saturated carbocycles. The van der Waals surface area contributed by atoms with Crippen molar-refractivity contribution in [2.45, 2.75) is 6.92 Å². The number of aryl methyl sites for hydroxylation is 1. The first-order valence-electron chi connectivity index (χ1n) is 5.98. The normalized spacial score (nSPS) is 13.9. The molecule has 0 radical (unpaired) electrons. The SMILES string of the molecule is C=C1c2ccccc2C(=O)N1c1ccc(Br)c(C)c1. The lowest BCUT2D eigenvalue weighted by atomic mass is 10.1. The van der Waals surface area contributed by atoms with E-state index >= 15 is 0 Å². The van der Waals surface area contributed by atoms with Gasteiger partial charge in [0, 0.05) is 21.3 Å². The molecule has 0 atom stereocenters. The van der Waals surface area contributed by atoms with Crippen molar-refractivity contribution in [1.82, 2.24) is 0 Å². The maximum absolute atomic E-state index is 12.5. The fraction of sp³-hybridized carbons (Fsp3) is 0.0625. The molecule has 0 bridgehead atoms. The fourth-order valence-corrected chi connectivity index (χ4v) is 2.57. The molecular weight excluding hydrogens is 302 g/mol. The van der Waals surface area contributed by atoms with Crippen molar-refractivity contribution in [3.05, 3.63) is 70.2 Å². The molecule has 0 aromatic heterocycles. The quantitative estimate of drug-likeness (QED) is 0.764. The van der Waals surface area contributed by atoms with Crippen LogP contribution in [-0.2, 0) is 0 Å². The van der Waals surface area contributed by atoms with Gasteiger partial charge < -0.3 is 0 Å². The molecule has 2 aromatic rings. The van der Waals surface area contributed by atoms with Gasteiger partial charge in [-0.05, 0) is 36.8 Å². The number of fused-ring (bicyclic) bond motifs is 1. The molecule has 1 heterocycles. The van der Waals surface area contributed by atoms with Crippen molar-refractivity contribution in [2.75, 3.05) is 4.90 Å². The second kappa shape index (κ2) is 4.35. The zero-order valence-corrected chi connectivity index (χ0v) is 12.1. The Morgan fingerprint density at radius 1 is 1.11 bits per heavy atom. The van der Waals surface area contributed by atoms with Crippen molar-refractivity contribution in [3.8, 4) is 0 Å². The molecule has 0 aliphatic carbocycles. The summed E-state index contributed by atoms with van der Waals surface area (Å²) in [7, 11) is 0. The number of halogens is 1. The summed E-state index contributed by atoms with van der Waals surface area (Å²) in [6, 6.07) is 13.4. The molecule has 1 aliphatic rings. The van der Waals surface area contributed by atoms with E-state index in [2.05, 4.69) is 22.5 Å². The zero-order valence-electron chi connectivity index (χ0n) is 10.5. The fourth-order valence-electron chi connectivity index (χ4n) is 2.33. The van der Waals surface area contributed by atoms with Crippen molar-refractivity contribution >= 4 is 33.2 Å². The van der Waals surface area contributed by atoms with Crippen LogP contribution in [0.1, 0.15) is 21.5 Å². The highest BCUT2D eigenvalue weighted by molar-refractivity contribution is 9.10. The number of carbonyl (C=O) groups excluding carboxylic acids is 1. The summed E-state index contributed by atoms with van der Waals surface area (Å²) >= 11 is 3.47.